The number of nitrogens with zero attached hydrogens (tertiary/aromatic N) is 2. The normalized spacial score (nSPS) is 17.4. The van der Waals surface area contributed by atoms with Gasteiger partial charge in [-0.25, -0.2) is 4.99 Å². The van der Waals surface area contributed by atoms with Crippen LogP contribution in [0.15, 0.2) is 4.99 Å². The van der Waals surface area contributed by atoms with Gasteiger partial charge in [0.15, 0.2) is 0 Å². The molecule has 16 heavy (non-hydrogen) atoms. The van der Waals surface area contributed by atoms with Crippen molar-refractivity contribution in [3.63, 3.8) is 0 Å². The highest BCUT2D eigenvalue weighted by molar-refractivity contribution is 6.45. The van der Waals surface area contributed by atoms with Crippen molar-refractivity contribution in [2.45, 2.75) is 26.8 Å². The van der Waals surface area contributed by atoms with Gasteiger partial charge in [-0.1, -0.05) is 13.8 Å². The second kappa shape index (κ2) is 5.60. The van der Waals surface area contributed by atoms with E-state index in [4.69, 9.17) is 0 Å². The topological polar surface area (TPSA) is 73.8 Å². The number of aliphatic imine (C=N–C) groups is 1. The van der Waals surface area contributed by atoms with Gasteiger partial charge in [0.05, 0.1) is 6.04 Å². The maximum atomic E-state index is 10.9. The molecule has 0 aromatic rings. The maximum absolute atomic E-state index is 10.9. The van der Waals surface area contributed by atoms with Crippen LogP contribution < -0.4 is 10.6 Å². The van der Waals surface area contributed by atoms with E-state index >= 15 is 0 Å². The van der Waals surface area contributed by atoms with Gasteiger partial charge in [0.1, 0.15) is 0 Å². The van der Waals surface area contributed by atoms with Crippen molar-refractivity contribution < 1.29 is 9.59 Å². The molecule has 0 saturated carbocycles. The molecule has 2 amide bonds. The molecule has 1 fully saturated rings. The number of amides is 2. The summed E-state index contributed by atoms with van der Waals surface area (Å²) in [6.07, 6.45) is 0. The molecule has 1 atom stereocenters. The summed E-state index contributed by atoms with van der Waals surface area (Å²) in [5.41, 5.74) is 0. The molecule has 0 aromatic carbocycles. The van der Waals surface area contributed by atoms with Crippen LogP contribution in [0.2, 0.25) is 0 Å². The van der Waals surface area contributed by atoms with Crippen molar-refractivity contribution in [1.82, 2.24) is 15.5 Å². The molecule has 0 aromatic heterocycles. The Kier molecular flexibility index (Phi) is 4.42. The summed E-state index contributed by atoms with van der Waals surface area (Å²) in [6.45, 7) is 8.85. The molecule has 1 heterocycles. The summed E-state index contributed by atoms with van der Waals surface area (Å²) < 4.78 is 0. The fourth-order valence-electron chi connectivity index (χ4n) is 1.54. The van der Waals surface area contributed by atoms with Gasteiger partial charge in [0.25, 0.3) is 0 Å². The lowest BCUT2D eigenvalue weighted by Crippen LogP contribution is -2.33. The number of hydrogen-bond acceptors (Lipinski definition) is 4. The second-order valence-corrected chi connectivity index (χ2v) is 3.72. The van der Waals surface area contributed by atoms with Crippen LogP contribution in [0.25, 0.3) is 0 Å². The molecule has 6 nitrogen and oxygen atoms in total. The predicted octanol–water partition coefficient (Wildman–Crippen LogP) is -0.681. The number of carbonyl (C=O) groups excluding carboxylic acids is 2. The highest BCUT2D eigenvalue weighted by Crippen LogP contribution is 1.97. The molecule has 1 aliphatic heterocycles. The summed E-state index contributed by atoms with van der Waals surface area (Å²) in [5, 5.41) is 4.75. The van der Waals surface area contributed by atoms with E-state index in [0.29, 0.717) is 0 Å². The van der Waals surface area contributed by atoms with Gasteiger partial charge in [-0.15, -0.1) is 0 Å². The molecule has 0 aliphatic carbocycles. The summed E-state index contributed by atoms with van der Waals surface area (Å²) in [5.74, 6) is -1.03. The minimum Gasteiger partial charge on any atom is -0.302 e. The Labute approximate surface area is 95.1 Å². The van der Waals surface area contributed by atoms with E-state index in [1.54, 1.807) is 0 Å². The third-order valence-electron chi connectivity index (χ3n) is 2.44. The molecule has 1 unspecified atom stereocenters. The van der Waals surface area contributed by atoms with Crippen LogP contribution in [0.1, 0.15) is 20.8 Å². The zero-order valence-electron chi connectivity index (χ0n) is 9.91. The first-order chi connectivity index (χ1) is 7.56. The van der Waals surface area contributed by atoms with Crippen LogP contribution in [0.5, 0.6) is 0 Å². The largest absolute Gasteiger partial charge is 0.316 e. The number of likely N-dealkylation sites (N-methyl/N-ethyl adjacent to an activating group) is 1. The summed E-state index contributed by atoms with van der Waals surface area (Å²) in [6, 6.07) is 0.0357. The highest BCUT2D eigenvalue weighted by atomic mass is 16.2. The summed E-state index contributed by atoms with van der Waals surface area (Å²) in [7, 11) is 0. The van der Waals surface area contributed by atoms with Crippen molar-refractivity contribution in [2.75, 3.05) is 19.6 Å². The van der Waals surface area contributed by atoms with Gasteiger partial charge in [-0.3, -0.25) is 20.2 Å². The van der Waals surface area contributed by atoms with E-state index in [-0.39, 0.29) is 12.0 Å². The Morgan fingerprint density at radius 3 is 2.12 bits per heavy atom. The molecule has 1 rings (SSSR count). The molecule has 90 valence electrons. The van der Waals surface area contributed by atoms with Crippen molar-refractivity contribution in [3.05, 3.63) is 0 Å². The fraction of sp³-hybridized carbons (Fsp3) is 0.700. The highest BCUT2D eigenvalue weighted by Gasteiger charge is 2.25. The quantitative estimate of drug-likeness (QED) is 0.610. The van der Waals surface area contributed by atoms with Crippen molar-refractivity contribution in [1.29, 1.82) is 0 Å². The Morgan fingerprint density at radius 1 is 1.19 bits per heavy atom. The zero-order valence-corrected chi connectivity index (χ0v) is 9.91. The van der Waals surface area contributed by atoms with Crippen LogP contribution >= 0.6 is 0 Å². The van der Waals surface area contributed by atoms with Crippen LogP contribution in [-0.2, 0) is 9.59 Å². The molecular weight excluding hydrogens is 208 g/mol. The van der Waals surface area contributed by atoms with E-state index < -0.39 is 11.8 Å². The number of hydrogen-bond donors (Lipinski definition) is 2. The van der Waals surface area contributed by atoms with E-state index in [1.807, 2.05) is 6.92 Å². The zero-order chi connectivity index (χ0) is 12.1. The van der Waals surface area contributed by atoms with Crippen LogP contribution in [0.4, 0.5) is 0 Å². The summed E-state index contributed by atoms with van der Waals surface area (Å²) >= 11 is 0. The van der Waals surface area contributed by atoms with Crippen molar-refractivity contribution >= 4 is 17.8 Å². The van der Waals surface area contributed by atoms with E-state index in [2.05, 4.69) is 34.4 Å². The lowest BCUT2D eigenvalue weighted by molar-refractivity contribution is -0.135. The third kappa shape index (κ3) is 3.30. The minimum absolute atomic E-state index is 0.0357. The summed E-state index contributed by atoms with van der Waals surface area (Å²) in [4.78, 5) is 28.2. The van der Waals surface area contributed by atoms with Crippen LogP contribution in [-0.4, -0.2) is 48.3 Å². The van der Waals surface area contributed by atoms with Gasteiger partial charge < -0.3 is 4.90 Å². The average molecular weight is 226 g/mol. The Morgan fingerprint density at radius 2 is 1.69 bits per heavy atom. The average Bonchev–Trinajstić information content (AvgIpc) is 2.54. The molecular formula is C10H18N4O2. The Bertz CT molecular complexity index is 292. The third-order valence-corrected chi connectivity index (χ3v) is 2.44. The SMILES string of the molecule is CCN(CC)CC(C)N=C1NC(=O)C(=O)N1. The monoisotopic (exact) mass is 226 g/mol. The number of carbonyl (C=O) groups is 2. The first kappa shape index (κ1) is 12.6. The smallest absolute Gasteiger partial charge is 0.302 e. The first-order valence-corrected chi connectivity index (χ1v) is 5.49. The molecule has 1 saturated heterocycles. The Balaban J connectivity index is 2.50. The van der Waals surface area contributed by atoms with Crippen LogP contribution in [0.3, 0.4) is 0 Å². The second-order valence-electron chi connectivity index (χ2n) is 3.72. The molecule has 0 radical (unpaired) electrons. The number of nitrogens with one attached hydrogen (secondary N) is 2. The van der Waals surface area contributed by atoms with Gasteiger partial charge >= 0.3 is 11.8 Å². The lowest BCUT2D eigenvalue weighted by atomic mass is 10.3. The fourth-order valence-corrected chi connectivity index (χ4v) is 1.54. The molecule has 0 spiro atoms. The van der Waals surface area contributed by atoms with E-state index in [0.717, 1.165) is 19.6 Å². The first-order valence-electron chi connectivity index (χ1n) is 5.49. The van der Waals surface area contributed by atoms with Gasteiger partial charge in [-0.05, 0) is 20.0 Å². The molecule has 0 bridgehead atoms. The number of rotatable bonds is 5. The van der Waals surface area contributed by atoms with E-state index in [9.17, 15) is 9.59 Å². The van der Waals surface area contributed by atoms with Crippen molar-refractivity contribution in [3.8, 4) is 0 Å². The lowest BCUT2D eigenvalue weighted by Gasteiger charge is -2.20. The van der Waals surface area contributed by atoms with Crippen LogP contribution in [0, 0.1) is 0 Å². The number of guanidine groups is 1. The van der Waals surface area contributed by atoms with E-state index in [1.165, 1.54) is 0 Å². The minimum atomic E-state index is -0.645. The van der Waals surface area contributed by atoms with Gasteiger partial charge in [-0.2, -0.15) is 0 Å². The van der Waals surface area contributed by atoms with Crippen molar-refractivity contribution in [2.24, 2.45) is 4.99 Å². The molecule has 1 aliphatic rings. The van der Waals surface area contributed by atoms with Gasteiger partial charge in [0, 0.05) is 6.54 Å². The van der Waals surface area contributed by atoms with Gasteiger partial charge in [0.2, 0.25) is 5.96 Å². The Hall–Kier alpha value is -1.43. The maximum Gasteiger partial charge on any atom is 0.316 e. The standard InChI is InChI=1S/C10H18N4O2/c1-4-14(5-2)6-7(3)11-10-12-8(15)9(16)13-10/h7H,4-6H2,1-3H3,(H2,11,12,13,15,16). The molecule has 2 N–H and O–H groups in total. The molecule has 6 heteroatoms. The predicted molar refractivity (Wildman–Crippen MR) is 61.0 cm³/mol.